The molecule has 3 aromatic carbocycles. The maximum Gasteiger partial charge on any atom is 0.269 e. The molecule has 0 saturated carbocycles. The van der Waals surface area contributed by atoms with Gasteiger partial charge in [-0.3, -0.25) is 10.1 Å². The molecule has 4 rings (SSSR count). The van der Waals surface area contributed by atoms with Gasteiger partial charge in [-0.1, -0.05) is 54.6 Å². The number of nitro groups is 1. The summed E-state index contributed by atoms with van der Waals surface area (Å²) in [5.74, 6) is 0. The molecule has 1 N–H and O–H groups in total. The van der Waals surface area contributed by atoms with Gasteiger partial charge in [-0.15, -0.1) is 0 Å². The first kappa shape index (κ1) is 14.6. The summed E-state index contributed by atoms with van der Waals surface area (Å²) < 4.78 is 0. The Hall–Kier alpha value is -2.98. The standard InChI is InChI=1S/C20H15NO3/c22-20(14-5-3-6-17(12-14)21(23)24)15-8-9-19-16(11-15)10-13-4-1-2-7-18(13)19/h1-9,11-12,20,22H,10H2/t20-/m1/s1. The summed E-state index contributed by atoms with van der Waals surface area (Å²) >= 11 is 0. The van der Waals surface area contributed by atoms with Gasteiger partial charge in [0.25, 0.3) is 5.69 Å². The second-order valence-electron chi connectivity index (χ2n) is 6.01. The van der Waals surface area contributed by atoms with Gasteiger partial charge in [0.1, 0.15) is 6.10 Å². The molecule has 1 atom stereocenters. The lowest BCUT2D eigenvalue weighted by Gasteiger charge is -2.13. The molecule has 118 valence electrons. The van der Waals surface area contributed by atoms with Gasteiger partial charge >= 0.3 is 0 Å². The molecule has 0 aliphatic heterocycles. The number of fused-ring (bicyclic) bond motifs is 3. The van der Waals surface area contributed by atoms with Gasteiger partial charge in [-0.05, 0) is 39.8 Å². The van der Waals surface area contributed by atoms with Crippen LogP contribution in [0.3, 0.4) is 0 Å². The van der Waals surface area contributed by atoms with Crippen molar-refractivity contribution in [3.05, 3.63) is 99.1 Å². The van der Waals surface area contributed by atoms with Crippen LogP contribution in [-0.4, -0.2) is 10.0 Å². The zero-order valence-corrected chi connectivity index (χ0v) is 12.8. The highest BCUT2D eigenvalue weighted by atomic mass is 16.6. The Kier molecular flexibility index (Phi) is 3.40. The number of nitro benzene ring substituents is 1. The Morgan fingerprint density at radius 1 is 0.875 bits per heavy atom. The van der Waals surface area contributed by atoms with Gasteiger partial charge < -0.3 is 5.11 Å². The Morgan fingerprint density at radius 2 is 1.62 bits per heavy atom. The van der Waals surface area contributed by atoms with E-state index in [0.29, 0.717) is 5.56 Å². The van der Waals surface area contributed by atoms with E-state index in [2.05, 4.69) is 12.1 Å². The molecule has 24 heavy (non-hydrogen) atoms. The Morgan fingerprint density at radius 3 is 2.46 bits per heavy atom. The predicted molar refractivity (Wildman–Crippen MR) is 91.8 cm³/mol. The average molecular weight is 317 g/mol. The highest BCUT2D eigenvalue weighted by molar-refractivity contribution is 5.77. The van der Waals surface area contributed by atoms with Crippen molar-refractivity contribution in [2.75, 3.05) is 0 Å². The highest BCUT2D eigenvalue weighted by Crippen LogP contribution is 2.38. The molecule has 1 aliphatic carbocycles. The summed E-state index contributed by atoms with van der Waals surface area (Å²) in [7, 11) is 0. The summed E-state index contributed by atoms with van der Waals surface area (Å²) in [6, 6.07) is 20.4. The molecule has 0 saturated heterocycles. The van der Waals surface area contributed by atoms with Crippen molar-refractivity contribution >= 4 is 5.69 Å². The lowest BCUT2D eigenvalue weighted by atomic mass is 9.97. The topological polar surface area (TPSA) is 63.4 Å². The molecular weight excluding hydrogens is 302 g/mol. The molecule has 3 aromatic rings. The molecule has 0 aromatic heterocycles. The minimum Gasteiger partial charge on any atom is -0.384 e. The molecule has 1 aliphatic rings. The number of rotatable bonds is 3. The van der Waals surface area contributed by atoms with Crippen molar-refractivity contribution in [3.8, 4) is 11.1 Å². The van der Waals surface area contributed by atoms with Crippen LogP contribution in [0.25, 0.3) is 11.1 Å². The van der Waals surface area contributed by atoms with Gasteiger partial charge in [-0.25, -0.2) is 0 Å². The van der Waals surface area contributed by atoms with E-state index >= 15 is 0 Å². The van der Waals surface area contributed by atoms with E-state index in [1.54, 1.807) is 12.1 Å². The van der Waals surface area contributed by atoms with E-state index in [0.717, 1.165) is 12.0 Å². The smallest absolute Gasteiger partial charge is 0.269 e. The second kappa shape index (κ2) is 5.58. The van der Waals surface area contributed by atoms with Crippen LogP contribution in [0.2, 0.25) is 0 Å². The van der Waals surface area contributed by atoms with E-state index in [1.165, 1.54) is 34.4 Å². The molecule has 4 nitrogen and oxygen atoms in total. The second-order valence-corrected chi connectivity index (χ2v) is 6.01. The predicted octanol–water partition coefficient (Wildman–Crippen LogP) is 4.25. The molecule has 0 fully saturated rings. The lowest BCUT2D eigenvalue weighted by Crippen LogP contribution is -2.01. The summed E-state index contributed by atoms with van der Waals surface area (Å²) in [6.45, 7) is 0. The summed E-state index contributed by atoms with van der Waals surface area (Å²) in [4.78, 5) is 10.5. The van der Waals surface area contributed by atoms with Crippen molar-refractivity contribution < 1.29 is 10.0 Å². The maximum atomic E-state index is 10.9. The van der Waals surface area contributed by atoms with Crippen molar-refractivity contribution in [3.63, 3.8) is 0 Å². The van der Waals surface area contributed by atoms with Crippen molar-refractivity contribution in [2.24, 2.45) is 0 Å². The third-order valence-corrected chi connectivity index (χ3v) is 4.53. The van der Waals surface area contributed by atoms with E-state index in [1.807, 2.05) is 30.3 Å². The minimum absolute atomic E-state index is 0.0138. The van der Waals surface area contributed by atoms with Crippen LogP contribution in [0.15, 0.2) is 66.7 Å². The zero-order valence-electron chi connectivity index (χ0n) is 12.8. The molecule has 0 bridgehead atoms. The molecule has 0 unspecified atom stereocenters. The van der Waals surface area contributed by atoms with Crippen molar-refractivity contribution in [1.82, 2.24) is 0 Å². The van der Waals surface area contributed by atoms with Gasteiger partial charge in [0.15, 0.2) is 0 Å². The Labute approximate surface area is 139 Å². The SMILES string of the molecule is O=[N+]([O-])c1cccc([C@@H](O)c2ccc3c(c2)Cc2ccccc2-3)c1. The third kappa shape index (κ3) is 2.37. The van der Waals surface area contributed by atoms with Crippen molar-refractivity contribution in [1.29, 1.82) is 0 Å². The van der Waals surface area contributed by atoms with Crippen LogP contribution in [0.4, 0.5) is 5.69 Å². The van der Waals surface area contributed by atoms with E-state index < -0.39 is 11.0 Å². The highest BCUT2D eigenvalue weighted by Gasteiger charge is 2.20. The third-order valence-electron chi connectivity index (χ3n) is 4.53. The average Bonchev–Trinajstić information content (AvgIpc) is 2.99. The maximum absolute atomic E-state index is 10.9. The molecule has 0 heterocycles. The summed E-state index contributed by atoms with van der Waals surface area (Å²) in [5.41, 5.74) is 6.17. The van der Waals surface area contributed by atoms with E-state index in [4.69, 9.17) is 0 Å². The monoisotopic (exact) mass is 317 g/mol. The summed E-state index contributed by atoms with van der Waals surface area (Å²) in [5, 5.41) is 21.5. The molecule has 0 radical (unpaired) electrons. The molecule has 0 amide bonds. The van der Waals surface area contributed by atoms with E-state index in [-0.39, 0.29) is 5.69 Å². The Bertz CT molecular complexity index is 949. The minimum atomic E-state index is -0.876. The first-order valence-corrected chi connectivity index (χ1v) is 7.77. The Balaban J connectivity index is 1.70. The number of hydrogen-bond acceptors (Lipinski definition) is 3. The van der Waals surface area contributed by atoms with Gasteiger partial charge in [0.05, 0.1) is 4.92 Å². The van der Waals surface area contributed by atoms with Crippen LogP contribution in [0, 0.1) is 10.1 Å². The fourth-order valence-electron chi connectivity index (χ4n) is 3.34. The molecule has 0 spiro atoms. The quantitative estimate of drug-likeness (QED) is 0.454. The number of nitrogens with zero attached hydrogens (tertiary/aromatic N) is 1. The number of hydrogen-bond donors (Lipinski definition) is 1. The van der Waals surface area contributed by atoms with Gasteiger partial charge in [0.2, 0.25) is 0 Å². The number of non-ortho nitro benzene ring substituents is 1. The van der Waals surface area contributed by atoms with Crippen LogP contribution in [0.5, 0.6) is 0 Å². The van der Waals surface area contributed by atoms with Crippen LogP contribution >= 0.6 is 0 Å². The van der Waals surface area contributed by atoms with Crippen LogP contribution in [-0.2, 0) is 6.42 Å². The fraction of sp³-hybridized carbons (Fsp3) is 0.100. The van der Waals surface area contributed by atoms with Crippen LogP contribution < -0.4 is 0 Å². The number of aliphatic hydroxyl groups is 1. The van der Waals surface area contributed by atoms with Gasteiger partial charge in [-0.2, -0.15) is 0 Å². The number of benzene rings is 3. The number of aliphatic hydroxyl groups excluding tert-OH is 1. The largest absolute Gasteiger partial charge is 0.384 e. The fourth-order valence-corrected chi connectivity index (χ4v) is 3.34. The first-order valence-electron chi connectivity index (χ1n) is 7.77. The molecule has 4 heteroatoms. The van der Waals surface area contributed by atoms with Crippen molar-refractivity contribution in [2.45, 2.75) is 12.5 Å². The zero-order chi connectivity index (χ0) is 16.7. The van der Waals surface area contributed by atoms with Gasteiger partial charge in [0, 0.05) is 12.1 Å². The molecular formula is C20H15NO3. The van der Waals surface area contributed by atoms with Crippen LogP contribution in [0.1, 0.15) is 28.4 Å². The normalized spacial score (nSPS) is 13.2. The van der Waals surface area contributed by atoms with E-state index in [9.17, 15) is 15.2 Å². The lowest BCUT2D eigenvalue weighted by molar-refractivity contribution is -0.385. The summed E-state index contributed by atoms with van der Waals surface area (Å²) in [6.07, 6.45) is -0.0278. The first-order chi connectivity index (χ1) is 11.6.